The number of thiophene rings is 1. The Kier molecular flexibility index (Phi) is 6.58. The summed E-state index contributed by atoms with van der Waals surface area (Å²) in [6, 6.07) is 2.27. The van der Waals surface area contributed by atoms with E-state index in [4.69, 9.17) is 0 Å². The topological polar surface area (TPSA) is 15.3 Å². The summed E-state index contributed by atoms with van der Waals surface area (Å²) in [4.78, 5) is 3.79. The predicted molar refractivity (Wildman–Crippen MR) is 76.3 cm³/mol. The number of hydrogen-bond donors (Lipinski definition) is 1. The molecule has 0 radical (unpaired) electrons. The summed E-state index contributed by atoms with van der Waals surface area (Å²) < 4.78 is 1.26. The van der Waals surface area contributed by atoms with E-state index < -0.39 is 0 Å². The zero-order valence-electron chi connectivity index (χ0n) is 10.3. The van der Waals surface area contributed by atoms with Crippen LogP contribution in [0.1, 0.15) is 23.8 Å². The van der Waals surface area contributed by atoms with E-state index in [1.165, 1.54) is 20.6 Å². The number of nitrogens with one attached hydrogen (secondary N) is 1. The van der Waals surface area contributed by atoms with Crippen molar-refractivity contribution in [2.24, 2.45) is 0 Å². The second kappa shape index (κ2) is 7.43. The molecular weight excluding hydrogens is 284 g/mol. The molecule has 0 spiro atoms. The van der Waals surface area contributed by atoms with Crippen LogP contribution in [0.2, 0.25) is 0 Å². The molecule has 16 heavy (non-hydrogen) atoms. The van der Waals surface area contributed by atoms with Crippen molar-refractivity contribution in [3.63, 3.8) is 0 Å². The highest BCUT2D eigenvalue weighted by atomic mass is 79.9. The van der Waals surface area contributed by atoms with Gasteiger partial charge in [0.25, 0.3) is 0 Å². The second-order valence-corrected chi connectivity index (χ2v) is 6.61. The van der Waals surface area contributed by atoms with Crippen LogP contribution in [0.5, 0.6) is 0 Å². The number of hydrogen-bond acceptors (Lipinski definition) is 3. The summed E-state index contributed by atoms with van der Waals surface area (Å²) in [5.74, 6) is 0. The second-order valence-electron chi connectivity index (χ2n) is 4.16. The first-order valence-electron chi connectivity index (χ1n) is 5.77. The summed E-state index contributed by atoms with van der Waals surface area (Å²) in [5, 5.41) is 3.42. The zero-order valence-corrected chi connectivity index (χ0v) is 12.7. The minimum atomic E-state index is 1.05. The molecule has 0 aliphatic heterocycles. The van der Waals surface area contributed by atoms with Gasteiger partial charge >= 0.3 is 0 Å². The Balaban J connectivity index is 2.25. The van der Waals surface area contributed by atoms with Gasteiger partial charge in [-0.2, -0.15) is 0 Å². The van der Waals surface area contributed by atoms with Crippen LogP contribution in [0.3, 0.4) is 0 Å². The van der Waals surface area contributed by atoms with Crippen molar-refractivity contribution < 1.29 is 0 Å². The molecule has 0 fully saturated rings. The number of rotatable bonds is 7. The van der Waals surface area contributed by atoms with Crippen LogP contribution in [0, 0.1) is 6.92 Å². The van der Waals surface area contributed by atoms with E-state index in [0.29, 0.717) is 0 Å². The molecule has 92 valence electrons. The van der Waals surface area contributed by atoms with Gasteiger partial charge in [0.15, 0.2) is 0 Å². The van der Waals surface area contributed by atoms with Crippen molar-refractivity contribution in [1.29, 1.82) is 0 Å². The van der Waals surface area contributed by atoms with Gasteiger partial charge in [0.05, 0.1) is 3.79 Å². The van der Waals surface area contributed by atoms with E-state index >= 15 is 0 Å². The van der Waals surface area contributed by atoms with Gasteiger partial charge in [-0.15, -0.1) is 11.3 Å². The van der Waals surface area contributed by atoms with Crippen molar-refractivity contribution in [3.05, 3.63) is 20.3 Å². The molecule has 0 unspecified atom stereocenters. The number of halogens is 1. The highest BCUT2D eigenvalue weighted by Gasteiger charge is 2.05. The standard InChI is InChI=1S/C12H21BrN2S/c1-4-5-14-6-7-15(3)9-11-8-10(2)12(13)16-11/h8,14H,4-7,9H2,1-3H3. The average molecular weight is 305 g/mol. The summed E-state index contributed by atoms with van der Waals surface area (Å²) >= 11 is 5.41. The lowest BCUT2D eigenvalue weighted by molar-refractivity contribution is 0.327. The largest absolute Gasteiger partial charge is 0.315 e. The van der Waals surface area contributed by atoms with Crippen LogP contribution in [0.4, 0.5) is 0 Å². The van der Waals surface area contributed by atoms with Gasteiger partial charge in [0.1, 0.15) is 0 Å². The van der Waals surface area contributed by atoms with Crippen molar-refractivity contribution in [2.45, 2.75) is 26.8 Å². The summed E-state index contributed by atoms with van der Waals surface area (Å²) in [7, 11) is 2.18. The van der Waals surface area contributed by atoms with Gasteiger partial charge in [-0.3, -0.25) is 0 Å². The van der Waals surface area contributed by atoms with Crippen LogP contribution in [-0.2, 0) is 6.54 Å². The Morgan fingerprint density at radius 3 is 2.75 bits per heavy atom. The Hall–Kier alpha value is 0.1000. The highest BCUT2D eigenvalue weighted by Crippen LogP contribution is 2.27. The molecule has 4 heteroatoms. The molecule has 0 aromatic carbocycles. The molecule has 0 saturated heterocycles. The van der Waals surface area contributed by atoms with Gasteiger partial charge in [-0.05, 0) is 54.5 Å². The number of nitrogens with zero attached hydrogens (tertiary/aromatic N) is 1. The molecule has 0 atom stereocenters. The Labute approximate surface area is 111 Å². The molecule has 1 aromatic rings. The van der Waals surface area contributed by atoms with Gasteiger partial charge in [0.2, 0.25) is 0 Å². The maximum Gasteiger partial charge on any atom is 0.0730 e. The maximum atomic E-state index is 3.57. The molecule has 1 aromatic heterocycles. The van der Waals surface area contributed by atoms with E-state index in [0.717, 1.165) is 26.2 Å². The van der Waals surface area contributed by atoms with Crippen LogP contribution < -0.4 is 5.32 Å². The number of likely N-dealkylation sites (N-methyl/N-ethyl adjacent to an activating group) is 1. The van der Waals surface area contributed by atoms with E-state index in [-0.39, 0.29) is 0 Å². The monoisotopic (exact) mass is 304 g/mol. The Morgan fingerprint density at radius 1 is 1.44 bits per heavy atom. The average Bonchev–Trinajstić information content (AvgIpc) is 2.53. The summed E-state index contributed by atoms with van der Waals surface area (Å²) in [5.41, 5.74) is 1.34. The van der Waals surface area contributed by atoms with Gasteiger partial charge < -0.3 is 10.2 Å². The molecule has 0 aliphatic rings. The molecule has 1 heterocycles. The Morgan fingerprint density at radius 2 is 2.19 bits per heavy atom. The third-order valence-electron chi connectivity index (χ3n) is 2.43. The third kappa shape index (κ3) is 4.95. The predicted octanol–water partition coefficient (Wildman–Crippen LogP) is 3.25. The fraction of sp³-hybridized carbons (Fsp3) is 0.667. The van der Waals surface area contributed by atoms with E-state index in [1.807, 2.05) is 11.3 Å². The van der Waals surface area contributed by atoms with Gasteiger partial charge in [-0.1, -0.05) is 6.92 Å². The van der Waals surface area contributed by atoms with Crippen LogP contribution in [-0.4, -0.2) is 31.6 Å². The van der Waals surface area contributed by atoms with Gasteiger partial charge in [0, 0.05) is 24.5 Å². The van der Waals surface area contributed by atoms with Crippen molar-refractivity contribution in [3.8, 4) is 0 Å². The summed E-state index contributed by atoms with van der Waals surface area (Å²) in [6.45, 7) is 8.70. The lowest BCUT2D eigenvalue weighted by Gasteiger charge is -2.15. The fourth-order valence-corrected chi connectivity index (χ4v) is 3.23. The zero-order chi connectivity index (χ0) is 12.0. The highest BCUT2D eigenvalue weighted by molar-refractivity contribution is 9.11. The third-order valence-corrected chi connectivity index (χ3v) is 4.55. The van der Waals surface area contributed by atoms with E-state index in [2.05, 4.69) is 53.1 Å². The van der Waals surface area contributed by atoms with Crippen LogP contribution >= 0.6 is 27.3 Å². The first kappa shape index (κ1) is 14.2. The summed E-state index contributed by atoms with van der Waals surface area (Å²) in [6.07, 6.45) is 1.21. The molecule has 0 amide bonds. The molecule has 0 aliphatic carbocycles. The minimum Gasteiger partial charge on any atom is -0.315 e. The lowest BCUT2D eigenvalue weighted by atomic mass is 10.3. The normalized spacial score (nSPS) is 11.3. The van der Waals surface area contributed by atoms with Crippen LogP contribution in [0.25, 0.3) is 0 Å². The molecule has 0 bridgehead atoms. The SMILES string of the molecule is CCCNCCN(C)Cc1cc(C)c(Br)s1. The van der Waals surface area contributed by atoms with Crippen LogP contribution in [0.15, 0.2) is 9.85 Å². The first-order chi connectivity index (χ1) is 7.63. The minimum absolute atomic E-state index is 1.05. The fourth-order valence-electron chi connectivity index (χ4n) is 1.52. The van der Waals surface area contributed by atoms with Gasteiger partial charge in [-0.25, -0.2) is 0 Å². The van der Waals surface area contributed by atoms with E-state index in [1.54, 1.807) is 0 Å². The van der Waals surface area contributed by atoms with Crippen molar-refractivity contribution >= 4 is 27.3 Å². The Bertz CT molecular complexity index is 292. The smallest absolute Gasteiger partial charge is 0.0730 e. The quantitative estimate of drug-likeness (QED) is 0.778. The molecular formula is C12H21BrN2S. The molecule has 1 rings (SSSR count). The van der Waals surface area contributed by atoms with Crippen molar-refractivity contribution in [1.82, 2.24) is 10.2 Å². The molecule has 0 saturated carbocycles. The van der Waals surface area contributed by atoms with E-state index in [9.17, 15) is 0 Å². The first-order valence-corrected chi connectivity index (χ1v) is 7.38. The maximum absolute atomic E-state index is 3.57. The van der Waals surface area contributed by atoms with Crippen molar-refractivity contribution in [2.75, 3.05) is 26.7 Å². The molecule has 1 N–H and O–H groups in total. The molecule has 2 nitrogen and oxygen atoms in total. The number of aryl methyl sites for hydroxylation is 1. The lowest BCUT2D eigenvalue weighted by Crippen LogP contribution is -2.29.